The molecular weight excluding hydrogens is 245 g/mol. The summed E-state index contributed by atoms with van der Waals surface area (Å²) in [7, 11) is 0. The fraction of sp³-hybridized carbons (Fsp3) is 0.286. The van der Waals surface area contributed by atoms with Gasteiger partial charge < -0.3 is 10.5 Å². The zero-order chi connectivity index (χ0) is 13.7. The quantitative estimate of drug-likeness (QED) is 0.895. The van der Waals surface area contributed by atoms with E-state index in [4.69, 9.17) is 10.5 Å². The van der Waals surface area contributed by atoms with Crippen LogP contribution in [0.15, 0.2) is 36.7 Å². The van der Waals surface area contributed by atoms with Gasteiger partial charge in [-0.25, -0.2) is 14.4 Å². The molecule has 19 heavy (non-hydrogen) atoms. The van der Waals surface area contributed by atoms with Crippen LogP contribution in [0.4, 0.5) is 4.39 Å². The lowest BCUT2D eigenvalue weighted by Crippen LogP contribution is -2.17. The highest BCUT2D eigenvalue weighted by Gasteiger charge is 2.07. The molecule has 0 bridgehead atoms. The molecule has 1 atom stereocenters. The minimum absolute atomic E-state index is 0.00360. The second-order valence-electron chi connectivity index (χ2n) is 4.40. The molecule has 1 heterocycles. The van der Waals surface area contributed by atoms with Crippen LogP contribution in [0.25, 0.3) is 0 Å². The van der Waals surface area contributed by atoms with Gasteiger partial charge in [0, 0.05) is 18.4 Å². The average molecular weight is 261 g/mol. The first-order valence-electron chi connectivity index (χ1n) is 6.08. The molecule has 1 aromatic carbocycles. The Labute approximate surface area is 111 Å². The summed E-state index contributed by atoms with van der Waals surface area (Å²) in [6.45, 7) is 2.03. The molecule has 0 amide bonds. The lowest BCUT2D eigenvalue weighted by Gasteiger charge is -2.09. The molecule has 0 saturated carbocycles. The lowest BCUT2D eigenvalue weighted by atomic mass is 10.1. The standard InChI is InChI=1S/C14H16FN3O/c1-10(16)7-11-3-4-13(12(15)8-11)19-9-14-17-5-2-6-18-14/h2-6,8,10H,7,9,16H2,1H3. The van der Waals surface area contributed by atoms with Crippen LogP contribution >= 0.6 is 0 Å². The third-order valence-corrected chi connectivity index (χ3v) is 2.53. The zero-order valence-corrected chi connectivity index (χ0v) is 10.7. The summed E-state index contributed by atoms with van der Waals surface area (Å²) in [4.78, 5) is 8.01. The van der Waals surface area contributed by atoms with Crippen molar-refractivity contribution in [2.24, 2.45) is 5.73 Å². The van der Waals surface area contributed by atoms with Crippen LogP contribution in [0.1, 0.15) is 18.3 Å². The SMILES string of the molecule is CC(N)Cc1ccc(OCc2ncccn2)c(F)c1. The van der Waals surface area contributed by atoms with Gasteiger partial charge in [0.15, 0.2) is 17.4 Å². The molecule has 0 fully saturated rings. The molecule has 100 valence electrons. The molecule has 2 N–H and O–H groups in total. The minimum Gasteiger partial charge on any atom is -0.483 e. The van der Waals surface area contributed by atoms with Crippen LogP contribution < -0.4 is 10.5 Å². The first-order valence-corrected chi connectivity index (χ1v) is 6.08. The van der Waals surface area contributed by atoms with Gasteiger partial charge >= 0.3 is 0 Å². The predicted molar refractivity (Wildman–Crippen MR) is 70.1 cm³/mol. The van der Waals surface area contributed by atoms with Crippen LogP contribution in [0.3, 0.4) is 0 Å². The maximum absolute atomic E-state index is 13.8. The van der Waals surface area contributed by atoms with Gasteiger partial charge in [0.2, 0.25) is 0 Å². The second kappa shape index (κ2) is 6.24. The van der Waals surface area contributed by atoms with Crippen molar-refractivity contribution in [1.29, 1.82) is 0 Å². The second-order valence-corrected chi connectivity index (χ2v) is 4.40. The zero-order valence-electron chi connectivity index (χ0n) is 10.7. The van der Waals surface area contributed by atoms with E-state index in [0.29, 0.717) is 12.2 Å². The molecule has 4 nitrogen and oxygen atoms in total. The first-order chi connectivity index (χ1) is 9.15. The van der Waals surface area contributed by atoms with Gasteiger partial charge in [-0.2, -0.15) is 0 Å². The van der Waals surface area contributed by atoms with Crippen molar-refractivity contribution in [3.63, 3.8) is 0 Å². The van der Waals surface area contributed by atoms with Crippen molar-refractivity contribution < 1.29 is 9.13 Å². The number of hydrogen-bond donors (Lipinski definition) is 1. The summed E-state index contributed by atoms with van der Waals surface area (Å²) in [6.07, 6.45) is 3.88. The molecule has 1 unspecified atom stereocenters. The molecule has 1 aromatic heterocycles. The molecule has 0 aliphatic heterocycles. The number of aromatic nitrogens is 2. The Balaban J connectivity index is 2.01. The summed E-state index contributed by atoms with van der Waals surface area (Å²) >= 11 is 0. The van der Waals surface area contributed by atoms with Crippen molar-refractivity contribution in [2.45, 2.75) is 26.0 Å². The van der Waals surface area contributed by atoms with E-state index in [1.54, 1.807) is 24.5 Å². The summed E-state index contributed by atoms with van der Waals surface area (Å²) < 4.78 is 19.1. The third-order valence-electron chi connectivity index (χ3n) is 2.53. The van der Waals surface area contributed by atoms with Crippen molar-refractivity contribution in [3.05, 3.63) is 53.9 Å². The lowest BCUT2D eigenvalue weighted by molar-refractivity contribution is 0.281. The topological polar surface area (TPSA) is 61.0 Å². The number of hydrogen-bond acceptors (Lipinski definition) is 4. The predicted octanol–water partition coefficient (Wildman–Crippen LogP) is 2.08. The Morgan fingerprint density at radius 2 is 2.05 bits per heavy atom. The Morgan fingerprint density at radius 3 is 2.68 bits per heavy atom. The van der Waals surface area contributed by atoms with E-state index in [1.165, 1.54) is 6.07 Å². The highest BCUT2D eigenvalue weighted by atomic mass is 19.1. The first kappa shape index (κ1) is 13.4. The molecule has 0 saturated heterocycles. The largest absolute Gasteiger partial charge is 0.483 e. The van der Waals surface area contributed by atoms with E-state index in [1.807, 2.05) is 13.0 Å². The molecule has 0 aliphatic rings. The van der Waals surface area contributed by atoms with E-state index >= 15 is 0 Å². The van der Waals surface area contributed by atoms with Crippen LogP contribution in [0.5, 0.6) is 5.75 Å². The Hall–Kier alpha value is -2.01. The van der Waals surface area contributed by atoms with Crippen molar-refractivity contribution in [3.8, 4) is 5.75 Å². The number of rotatable bonds is 5. The normalized spacial score (nSPS) is 12.2. The van der Waals surface area contributed by atoms with Gasteiger partial charge in [0.05, 0.1) is 0 Å². The van der Waals surface area contributed by atoms with Gasteiger partial charge in [0.1, 0.15) is 6.61 Å². The fourth-order valence-electron chi connectivity index (χ4n) is 1.71. The summed E-state index contributed by atoms with van der Waals surface area (Å²) in [5, 5.41) is 0. The maximum atomic E-state index is 13.8. The Morgan fingerprint density at radius 1 is 1.32 bits per heavy atom. The third kappa shape index (κ3) is 3.99. The van der Waals surface area contributed by atoms with Gasteiger partial charge in [0.25, 0.3) is 0 Å². The van der Waals surface area contributed by atoms with E-state index < -0.39 is 5.82 Å². The number of halogens is 1. The van der Waals surface area contributed by atoms with Crippen molar-refractivity contribution >= 4 is 0 Å². The minimum atomic E-state index is -0.394. The highest BCUT2D eigenvalue weighted by Crippen LogP contribution is 2.19. The summed E-state index contributed by atoms with van der Waals surface area (Å²) in [5.74, 6) is 0.316. The molecule has 0 aliphatic carbocycles. The number of benzene rings is 1. The number of nitrogens with two attached hydrogens (primary N) is 1. The Bertz CT molecular complexity index is 531. The monoisotopic (exact) mass is 261 g/mol. The van der Waals surface area contributed by atoms with Gasteiger partial charge in [-0.3, -0.25) is 0 Å². The summed E-state index contributed by atoms with van der Waals surface area (Å²) in [6, 6.07) is 6.59. The van der Waals surface area contributed by atoms with Crippen LogP contribution in [0.2, 0.25) is 0 Å². The number of nitrogens with zero attached hydrogens (tertiary/aromatic N) is 2. The fourth-order valence-corrected chi connectivity index (χ4v) is 1.71. The van der Waals surface area contributed by atoms with Gasteiger partial charge in [-0.15, -0.1) is 0 Å². The van der Waals surface area contributed by atoms with Crippen LogP contribution in [-0.2, 0) is 13.0 Å². The van der Waals surface area contributed by atoms with E-state index in [9.17, 15) is 4.39 Å². The Kier molecular flexibility index (Phi) is 4.41. The summed E-state index contributed by atoms with van der Waals surface area (Å²) in [5.41, 5.74) is 6.53. The van der Waals surface area contributed by atoms with E-state index in [-0.39, 0.29) is 18.4 Å². The molecule has 0 spiro atoms. The highest BCUT2D eigenvalue weighted by molar-refractivity contribution is 5.29. The van der Waals surface area contributed by atoms with Gasteiger partial charge in [-0.1, -0.05) is 6.07 Å². The molecule has 2 rings (SSSR count). The number of ether oxygens (including phenoxy) is 1. The van der Waals surface area contributed by atoms with Gasteiger partial charge in [-0.05, 0) is 37.1 Å². The van der Waals surface area contributed by atoms with Crippen molar-refractivity contribution in [1.82, 2.24) is 9.97 Å². The molecule has 0 radical (unpaired) electrons. The van der Waals surface area contributed by atoms with E-state index in [2.05, 4.69) is 9.97 Å². The van der Waals surface area contributed by atoms with Crippen LogP contribution in [-0.4, -0.2) is 16.0 Å². The molecule has 5 heteroatoms. The smallest absolute Gasteiger partial charge is 0.166 e. The van der Waals surface area contributed by atoms with Crippen molar-refractivity contribution in [2.75, 3.05) is 0 Å². The van der Waals surface area contributed by atoms with Crippen LogP contribution in [0, 0.1) is 5.82 Å². The van der Waals surface area contributed by atoms with E-state index in [0.717, 1.165) is 5.56 Å². The molecule has 2 aromatic rings. The maximum Gasteiger partial charge on any atom is 0.166 e. The molecular formula is C14H16FN3O. The average Bonchev–Trinajstić information content (AvgIpc) is 2.38.